The van der Waals surface area contributed by atoms with Crippen LogP contribution in [0, 0.1) is 15.5 Å². The van der Waals surface area contributed by atoms with Gasteiger partial charge in [-0.05, 0) is 37.3 Å². The number of halogens is 3. The van der Waals surface area contributed by atoms with Gasteiger partial charge in [-0.25, -0.2) is 4.98 Å². The highest BCUT2D eigenvalue weighted by molar-refractivity contribution is 7.22. The summed E-state index contributed by atoms with van der Waals surface area (Å²) in [6, 6.07) is 1.12. The highest BCUT2D eigenvalue weighted by atomic mass is 32.1. The first-order chi connectivity index (χ1) is 16.1. The van der Waals surface area contributed by atoms with Crippen molar-refractivity contribution >= 4 is 32.2 Å². The molecule has 180 valence electrons. The van der Waals surface area contributed by atoms with Crippen LogP contribution in [0.1, 0.15) is 30.7 Å². The fraction of sp³-hybridized carbons (Fsp3) is 0.476. The van der Waals surface area contributed by atoms with Crippen molar-refractivity contribution in [3.8, 4) is 0 Å². The molecule has 2 aromatic heterocycles. The molecule has 5 rings (SSSR count). The Hall–Kier alpha value is -3.06. The predicted octanol–water partition coefficient (Wildman–Crippen LogP) is 4.06. The van der Waals surface area contributed by atoms with Crippen molar-refractivity contribution in [3.63, 3.8) is 0 Å². The monoisotopic (exact) mass is 495 g/mol. The van der Waals surface area contributed by atoms with Crippen molar-refractivity contribution in [2.75, 3.05) is 31.1 Å². The second-order valence-corrected chi connectivity index (χ2v) is 9.78. The second kappa shape index (κ2) is 8.31. The molecule has 1 aromatic carbocycles. The van der Waals surface area contributed by atoms with Gasteiger partial charge in [-0.1, -0.05) is 11.3 Å². The molecule has 9 nitrogen and oxygen atoms in total. The summed E-state index contributed by atoms with van der Waals surface area (Å²) in [6.45, 7) is 3.69. The minimum absolute atomic E-state index is 0.0914. The third kappa shape index (κ3) is 4.25. The van der Waals surface area contributed by atoms with Gasteiger partial charge in [-0.15, -0.1) is 0 Å². The van der Waals surface area contributed by atoms with Crippen LogP contribution in [0.25, 0.3) is 10.1 Å². The Kier molecular flexibility index (Phi) is 5.55. The van der Waals surface area contributed by atoms with Crippen LogP contribution in [0.2, 0.25) is 0 Å². The SMILES string of the molecule is O=c1nc(N2CCC3(CCN(Cc4ncco4)C3)CC2)sc2c([N+](=O)[O-])cc(C(F)(F)F)cc12. The van der Waals surface area contributed by atoms with Crippen molar-refractivity contribution in [3.05, 3.63) is 56.5 Å². The topological polar surface area (TPSA) is 106 Å². The summed E-state index contributed by atoms with van der Waals surface area (Å²) in [5.74, 6) is 0.676. The first kappa shape index (κ1) is 22.7. The van der Waals surface area contributed by atoms with Crippen LogP contribution in [0.15, 0.2) is 33.8 Å². The number of anilines is 1. The van der Waals surface area contributed by atoms with E-state index in [1.165, 1.54) is 0 Å². The molecular weight excluding hydrogens is 475 g/mol. The van der Waals surface area contributed by atoms with Gasteiger partial charge in [0.1, 0.15) is 11.0 Å². The summed E-state index contributed by atoms with van der Waals surface area (Å²) in [5.41, 5.74) is -2.74. The Labute approximate surface area is 195 Å². The van der Waals surface area contributed by atoms with Crippen molar-refractivity contribution < 1.29 is 22.5 Å². The Balaban J connectivity index is 1.37. The van der Waals surface area contributed by atoms with Crippen molar-refractivity contribution in [1.82, 2.24) is 14.9 Å². The van der Waals surface area contributed by atoms with E-state index in [1.807, 2.05) is 4.90 Å². The van der Waals surface area contributed by atoms with Gasteiger partial charge in [0, 0.05) is 25.7 Å². The lowest BCUT2D eigenvalue weighted by Gasteiger charge is -2.39. The molecule has 34 heavy (non-hydrogen) atoms. The summed E-state index contributed by atoms with van der Waals surface area (Å²) < 4.78 is 44.8. The van der Waals surface area contributed by atoms with Gasteiger partial charge in [0.05, 0.1) is 28.6 Å². The van der Waals surface area contributed by atoms with Crippen molar-refractivity contribution in [1.29, 1.82) is 0 Å². The molecule has 13 heteroatoms. The zero-order valence-corrected chi connectivity index (χ0v) is 18.7. The molecule has 1 spiro atoms. The lowest BCUT2D eigenvalue weighted by Crippen LogP contribution is -2.42. The molecule has 2 aliphatic rings. The molecule has 2 saturated heterocycles. The molecule has 2 fully saturated rings. The maximum Gasteiger partial charge on any atom is 0.416 e. The minimum atomic E-state index is -4.81. The fourth-order valence-corrected chi connectivity index (χ4v) is 5.96. The van der Waals surface area contributed by atoms with Gasteiger partial charge < -0.3 is 9.32 Å². The molecule has 0 amide bonds. The van der Waals surface area contributed by atoms with E-state index in [4.69, 9.17) is 4.42 Å². The van der Waals surface area contributed by atoms with Gasteiger partial charge in [0.25, 0.3) is 11.2 Å². The van der Waals surface area contributed by atoms with E-state index in [2.05, 4.69) is 14.9 Å². The second-order valence-electron chi connectivity index (χ2n) is 8.80. The van der Waals surface area contributed by atoms with Crippen molar-refractivity contribution in [2.45, 2.75) is 32.0 Å². The lowest BCUT2D eigenvalue weighted by molar-refractivity contribution is -0.383. The maximum atomic E-state index is 13.2. The number of rotatable bonds is 4. The largest absolute Gasteiger partial charge is 0.448 e. The fourth-order valence-electron chi connectivity index (χ4n) is 4.84. The number of nitro benzene ring substituents is 1. The highest BCUT2D eigenvalue weighted by Crippen LogP contribution is 2.43. The molecule has 0 saturated carbocycles. The number of benzene rings is 1. The number of fused-ring (bicyclic) bond motifs is 1. The van der Waals surface area contributed by atoms with Crippen molar-refractivity contribution in [2.24, 2.45) is 5.41 Å². The Morgan fingerprint density at radius 3 is 2.59 bits per heavy atom. The van der Waals surface area contributed by atoms with Gasteiger partial charge in [-0.3, -0.25) is 19.8 Å². The van der Waals surface area contributed by atoms with Crippen LogP contribution in [0.5, 0.6) is 0 Å². The van der Waals surface area contributed by atoms with E-state index >= 15 is 0 Å². The van der Waals surface area contributed by atoms with Crippen LogP contribution in [0.3, 0.4) is 0 Å². The maximum absolute atomic E-state index is 13.2. The highest BCUT2D eigenvalue weighted by Gasteiger charge is 2.41. The number of non-ortho nitro benzene ring substituents is 1. The lowest BCUT2D eigenvalue weighted by atomic mass is 9.78. The third-order valence-electron chi connectivity index (χ3n) is 6.67. The molecule has 0 radical (unpaired) electrons. The first-order valence-corrected chi connectivity index (χ1v) is 11.5. The predicted molar refractivity (Wildman–Crippen MR) is 118 cm³/mol. The number of hydrogen-bond acceptors (Lipinski definition) is 9. The van der Waals surface area contributed by atoms with E-state index in [0.717, 1.165) is 43.7 Å². The van der Waals surface area contributed by atoms with E-state index in [1.54, 1.807) is 12.5 Å². The summed E-state index contributed by atoms with van der Waals surface area (Å²) in [5, 5.41) is 11.4. The average molecular weight is 495 g/mol. The zero-order valence-electron chi connectivity index (χ0n) is 17.9. The van der Waals surface area contributed by atoms with E-state index in [0.29, 0.717) is 42.8 Å². The van der Waals surface area contributed by atoms with Crippen LogP contribution >= 0.6 is 11.3 Å². The van der Waals surface area contributed by atoms with Crippen LogP contribution < -0.4 is 10.5 Å². The molecule has 3 aromatic rings. The van der Waals surface area contributed by atoms with Crippen LogP contribution in [0.4, 0.5) is 24.0 Å². The molecule has 4 heterocycles. The summed E-state index contributed by atoms with van der Waals surface area (Å²) in [4.78, 5) is 35.6. The first-order valence-electron chi connectivity index (χ1n) is 10.7. The minimum Gasteiger partial charge on any atom is -0.448 e. The molecule has 0 aliphatic carbocycles. The number of likely N-dealkylation sites (tertiary alicyclic amines) is 1. The molecule has 0 bridgehead atoms. The number of oxazole rings is 1. The molecule has 0 N–H and O–H groups in total. The molecule has 0 atom stereocenters. The standard InChI is InChI=1S/C21H20F3N5O4S/c22-21(23,24)13-9-14-17(15(10-13)29(31)32)34-19(26-18(14)30)28-6-2-20(3-7-28)1-5-27(12-20)11-16-25-4-8-33-16/h4,8-10H,1-3,5-7,11-12H2. The quantitative estimate of drug-likeness (QED) is 0.394. The molecule has 2 aliphatic heterocycles. The third-order valence-corrected chi connectivity index (χ3v) is 7.83. The normalized spacial score (nSPS) is 18.7. The van der Waals surface area contributed by atoms with Crippen LogP contribution in [-0.2, 0) is 12.7 Å². The zero-order chi connectivity index (χ0) is 24.1. The molecule has 0 unspecified atom stereocenters. The Bertz CT molecular complexity index is 1290. The summed E-state index contributed by atoms with van der Waals surface area (Å²) in [7, 11) is 0. The van der Waals surface area contributed by atoms with E-state index in [9.17, 15) is 28.1 Å². The van der Waals surface area contributed by atoms with E-state index in [-0.39, 0.29) is 15.5 Å². The van der Waals surface area contributed by atoms with Gasteiger partial charge in [0.15, 0.2) is 5.13 Å². The van der Waals surface area contributed by atoms with Gasteiger partial charge >= 0.3 is 6.18 Å². The number of alkyl halides is 3. The Morgan fingerprint density at radius 2 is 1.94 bits per heavy atom. The number of piperidine rings is 1. The van der Waals surface area contributed by atoms with Crippen LogP contribution in [-0.4, -0.2) is 46.0 Å². The summed E-state index contributed by atoms with van der Waals surface area (Å²) in [6.07, 6.45) is 1.09. The number of nitrogens with zero attached hydrogens (tertiary/aromatic N) is 5. The molecular formula is C21H20F3N5O4S. The van der Waals surface area contributed by atoms with Gasteiger partial charge in [-0.2, -0.15) is 18.2 Å². The number of aromatic nitrogens is 2. The Morgan fingerprint density at radius 1 is 1.21 bits per heavy atom. The average Bonchev–Trinajstić information content (AvgIpc) is 3.43. The van der Waals surface area contributed by atoms with Gasteiger partial charge in [0.2, 0.25) is 5.89 Å². The number of hydrogen-bond donors (Lipinski definition) is 0. The van der Waals surface area contributed by atoms with E-state index < -0.39 is 27.9 Å². The number of nitro groups is 1. The smallest absolute Gasteiger partial charge is 0.416 e. The summed E-state index contributed by atoms with van der Waals surface area (Å²) >= 11 is 0.891.